The maximum Gasteiger partial charge on any atom is 0.201 e. The Labute approximate surface area is 180 Å². The third-order valence-corrected chi connectivity index (χ3v) is 6.40. The molecule has 0 saturated carbocycles. The highest BCUT2D eigenvalue weighted by Gasteiger charge is 2.41. The van der Waals surface area contributed by atoms with Gasteiger partial charge in [-0.3, -0.25) is 4.79 Å². The van der Waals surface area contributed by atoms with Gasteiger partial charge in [-0.25, -0.2) is 0 Å². The number of ether oxygens (including phenoxy) is 1. The number of hydrogen-bond donors (Lipinski definition) is 1. The number of nitrogens with zero attached hydrogens (tertiary/aromatic N) is 1. The maximum absolute atomic E-state index is 13.7. The minimum atomic E-state index is -0.880. The van der Waals surface area contributed by atoms with Crippen LogP contribution >= 0.6 is 0 Å². The zero-order chi connectivity index (χ0) is 22.3. The largest absolute Gasteiger partial charge is 0.507 e. The van der Waals surface area contributed by atoms with Gasteiger partial charge in [0.2, 0.25) is 5.43 Å². The molecule has 3 aromatic carbocycles. The zero-order valence-electron chi connectivity index (χ0n) is 18.0. The SMILES string of the molecule is C#CC(C)(C)Oc1cc(O)c2c(=O)c3c4ccccc4ccc3n3c2c1C(C)(C)C3=C. The summed E-state index contributed by atoms with van der Waals surface area (Å²) in [5, 5.41) is 13.7. The molecule has 1 N–H and O–H groups in total. The molecule has 0 saturated heterocycles. The molecule has 4 heteroatoms. The van der Waals surface area contributed by atoms with Gasteiger partial charge in [-0.2, -0.15) is 0 Å². The summed E-state index contributed by atoms with van der Waals surface area (Å²) >= 11 is 0. The van der Waals surface area contributed by atoms with E-state index in [4.69, 9.17) is 11.2 Å². The van der Waals surface area contributed by atoms with E-state index in [1.807, 2.05) is 54.8 Å². The minimum Gasteiger partial charge on any atom is -0.507 e. The number of pyridine rings is 1. The van der Waals surface area contributed by atoms with Gasteiger partial charge in [0.05, 0.1) is 21.8 Å². The molecule has 0 radical (unpaired) electrons. The van der Waals surface area contributed by atoms with Crippen LogP contribution in [0, 0.1) is 12.3 Å². The highest BCUT2D eigenvalue weighted by atomic mass is 16.5. The smallest absolute Gasteiger partial charge is 0.201 e. The van der Waals surface area contributed by atoms with Crippen LogP contribution in [0.1, 0.15) is 33.3 Å². The number of terminal acetylenes is 1. The van der Waals surface area contributed by atoms with Gasteiger partial charge >= 0.3 is 0 Å². The average molecular weight is 409 g/mol. The molecule has 2 heterocycles. The van der Waals surface area contributed by atoms with E-state index in [-0.39, 0.29) is 16.6 Å². The standard InChI is InChI=1S/C27H23NO3/c1-7-26(3,4)31-20-14-19(29)22-24-23(20)27(5,6)15(2)28(24)18-13-12-16-10-8-9-11-17(16)21(18)25(22)30/h1,8-14,29H,2H2,3-6H3. The van der Waals surface area contributed by atoms with E-state index in [1.54, 1.807) is 13.8 Å². The van der Waals surface area contributed by atoms with E-state index in [9.17, 15) is 9.90 Å². The molecule has 0 fully saturated rings. The Morgan fingerprint density at radius 1 is 1.16 bits per heavy atom. The van der Waals surface area contributed by atoms with Crippen molar-refractivity contribution in [2.45, 2.75) is 38.7 Å². The molecular formula is C27H23NO3. The predicted molar refractivity (Wildman–Crippen MR) is 127 cm³/mol. The van der Waals surface area contributed by atoms with Crippen LogP contribution < -0.4 is 10.2 Å². The van der Waals surface area contributed by atoms with Crippen LogP contribution in [0.3, 0.4) is 0 Å². The highest BCUT2D eigenvalue weighted by Crippen LogP contribution is 2.52. The van der Waals surface area contributed by atoms with E-state index in [0.717, 1.165) is 27.5 Å². The van der Waals surface area contributed by atoms with Gasteiger partial charge < -0.3 is 14.4 Å². The van der Waals surface area contributed by atoms with Gasteiger partial charge in [-0.15, -0.1) is 6.42 Å². The van der Waals surface area contributed by atoms with Gasteiger partial charge in [0.15, 0.2) is 5.60 Å². The Balaban J connectivity index is 2.05. The number of rotatable bonds is 2. The fraction of sp³-hybridized carbons (Fsp3) is 0.222. The first-order valence-electron chi connectivity index (χ1n) is 10.2. The highest BCUT2D eigenvalue weighted by molar-refractivity contribution is 6.14. The van der Waals surface area contributed by atoms with Gasteiger partial charge in [0.25, 0.3) is 0 Å². The van der Waals surface area contributed by atoms with Crippen LogP contribution in [0.15, 0.2) is 53.8 Å². The summed E-state index contributed by atoms with van der Waals surface area (Å²) in [5.74, 6) is 2.97. The van der Waals surface area contributed by atoms with Gasteiger partial charge in [-0.1, -0.05) is 56.7 Å². The van der Waals surface area contributed by atoms with Gasteiger partial charge in [0.1, 0.15) is 11.5 Å². The zero-order valence-corrected chi connectivity index (χ0v) is 18.0. The van der Waals surface area contributed by atoms with Crippen molar-refractivity contribution in [3.05, 3.63) is 64.8 Å². The summed E-state index contributed by atoms with van der Waals surface area (Å²) in [4.78, 5) is 13.7. The maximum atomic E-state index is 13.7. The molecule has 0 aliphatic carbocycles. The Bertz CT molecular complexity index is 1560. The molecule has 0 bridgehead atoms. The Morgan fingerprint density at radius 3 is 2.58 bits per heavy atom. The summed E-state index contributed by atoms with van der Waals surface area (Å²) < 4.78 is 8.14. The number of hydrogen-bond acceptors (Lipinski definition) is 3. The van der Waals surface area contributed by atoms with E-state index >= 15 is 0 Å². The molecule has 154 valence electrons. The summed E-state index contributed by atoms with van der Waals surface area (Å²) in [5.41, 5.74) is 1.39. The molecule has 31 heavy (non-hydrogen) atoms. The van der Waals surface area contributed by atoms with Gasteiger partial charge in [0, 0.05) is 22.7 Å². The van der Waals surface area contributed by atoms with Crippen LogP contribution in [0.5, 0.6) is 11.5 Å². The monoisotopic (exact) mass is 409 g/mol. The summed E-state index contributed by atoms with van der Waals surface area (Å²) in [6.45, 7) is 12.0. The van der Waals surface area contributed by atoms with Crippen LogP contribution in [-0.4, -0.2) is 15.3 Å². The molecule has 1 aromatic heterocycles. The Hall–Kier alpha value is -3.71. The van der Waals surface area contributed by atoms with Crippen molar-refractivity contribution in [3.63, 3.8) is 0 Å². The number of fused-ring (bicyclic) bond motifs is 4. The predicted octanol–water partition coefficient (Wildman–Crippen LogP) is 5.57. The number of benzene rings is 3. The molecule has 0 atom stereocenters. The second-order valence-corrected chi connectivity index (χ2v) is 9.17. The molecule has 4 nitrogen and oxygen atoms in total. The molecule has 4 aromatic rings. The number of phenols is 1. The molecule has 1 aliphatic rings. The first-order chi connectivity index (χ1) is 14.6. The average Bonchev–Trinajstić information content (AvgIpc) is 2.93. The van der Waals surface area contributed by atoms with Crippen LogP contribution in [0.2, 0.25) is 0 Å². The van der Waals surface area contributed by atoms with Crippen molar-refractivity contribution in [1.29, 1.82) is 0 Å². The lowest BCUT2D eigenvalue weighted by molar-refractivity contribution is 0.169. The Morgan fingerprint density at radius 2 is 1.87 bits per heavy atom. The van der Waals surface area contributed by atoms with E-state index < -0.39 is 11.0 Å². The fourth-order valence-electron chi connectivity index (χ4n) is 4.70. The normalized spacial score (nSPS) is 15.0. The minimum absolute atomic E-state index is 0.124. The number of allylic oxidation sites excluding steroid dienone is 1. The molecule has 5 rings (SSSR count). The van der Waals surface area contributed by atoms with Crippen molar-refractivity contribution in [2.75, 3.05) is 0 Å². The van der Waals surface area contributed by atoms with Crippen molar-refractivity contribution in [3.8, 4) is 23.8 Å². The third-order valence-electron chi connectivity index (χ3n) is 6.40. The first kappa shape index (κ1) is 19.3. The van der Waals surface area contributed by atoms with E-state index in [0.29, 0.717) is 16.7 Å². The first-order valence-corrected chi connectivity index (χ1v) is 10.2. The lowest BCUT2D eigenvalue weighted by Crippen LogP contribution is -2.27. The second-order valence-electron chi connectivity index (χ2n) is 9.17. The van der Waals surface area contributed by atoms with Crippen molar-refractivity contribution < 1.29 is 9.84 Å². The molecule has 0 spiro atoms. The molecule has 0 unspecified atom stereocenters. The lowest BCUT2D eigenvalue weighted by Gasteiger charge is -2.27. The Kier molecular flexibility index (Phi) is 3.68. The lowest BCUT2D eigenvalue weighted by atomic mass is 9.83. The number of phenolic OH excluding ortho intramolecular Hbond substituents is 1. The summed E-state index contributed by atoms with van der Waals surface area (Å²) in [7, 11) is 0. The van der Waals surface area contributed by atoms with Crippen LogP contribution in [0.4, 0.5) is 0 Å². The number of aromatic nitrogens is 1. The number of aromatic hydroxyl groups is 1. The van der Waals surface area contributed by atoms with Crippen molar-refractivity contribution >= 4 is 38.3 Å². The quantitative estimate of drug-likeness (QED) is 0.268. The van der Waals surface area contributed by atoms with Crippen LogP contribution in [0.25, 0.3) is 38.3 Å². The second kappa shape index (κ2) is 5.92. The topological polar surface area (TPSA) is 51.5 Å². The van der Waals surface area contributed by atoms with Crippen molar-refractivity contribution in [1.82, 2.24) is 4.57 Å². The molecular weight excluding hydrogens is 386 g/mol. The summed E-state index contributed by atoms with van der Waals surface area (Å²) in [6.07, 6.45) is 5.65. The summed E-state index contributed by atoms with van der Waals surface area (Å²) in [6, 6.07) is 13.2. The van der Waals surface area contributed by atoms with Crippen LogP contribution in [-0.2, 0) is 5.41 Å². The van der Waals surface area contributed by atoms with Gasteiger partial charge in [-0.05, 0) is 30.7 Å². The fourth-order valence-corrected chi connectivity index (χ4v) is 4.70. The molecule has 1 aliphatic heterocycles. The third kappa shape index (κ3) is 2.41. The van der Waals surface area contributed by atoms with Crippen molar-refractivity contribution in [2.24, 2.45) is 0 Å². The molecule has 0 amide bonds. The van der Waals surface area contributed by atoms with E-state index in [2.05, 4.69) is 12.5 Å². The van der Waals surface area contributed by atoms with E-state index in [1.165, 1.54) is 6.07 Å².